The minimum absolute atomic E-state index is 0.448. The SMILES string of the molecule is Cc1cc(Cl)ncc1Oc1ccccc1Cl. The van der Waals surface area contributed by atoms with E-state index >= 15 is 0 Å². The predicted octanol–water partition coefficient (Wildman–Crippen LogP) is 4.49. The summed E-state index contributed by atoms with van der Waals surface area (Å²) in [4.78, 5) is 3.96. The summed E-state index contributed by atoms with van der Waals surface area (Å²) >= 11 is 11.7. The van der Waals surface area contributed by atoms with E-state index in [0.29, 0.717) is 21.7 Å². The normalized spacial score (nSPS) is 10.2. The Bertz CT molecular complexity index is 514. The fourth-order valence-electron chi connectivity index (χ4n) is 1.26. The molecule has 2 aromatic rings. The highest BCUT2D eigenvalue weighted by atomic mass is 35.5. The van der Waals surface area contributed by atoms with E-state index in [4.69, 9.17) is 27.9 Å². The number of hydrogen-bond donors (Lipinski definition) is 0. The summed E-state index contributed by atoms with van der Waals surface area (Å²) in [5, 5.41) is 1.01. The second-order valence-corrected chi connectivity index (χ2v) is 4.10. The molecule has 0 aliphatic heterocycles. The summed E-state index contributed by atoms with van der Waals surface area (Å²) in [6.07, 6.45) is 1.58. The van der Waals surface area contributed by atoms with Gasteiger partial charge in [-0.05, 0) is 30.7 Å². The van der Waals surface area contributed by atoms with Gasteiger partial charge in [0.05, 0.1) is 11.2 Å². The van der Waals surface area contributed by atoms with Crippen LogP contribution in [0.25, 0.3) is 0 Å². The van der Waals surface area contributed by atoms with Gasteiger partial charge in [-0.2, -0.15) is 0 Å². The molecule has 1 heterocycles. The smallest absolute Gasteiger partial charge is 0.148 e. The van der Waals surface area contributed by atoms with Crippen LogP contribution in [0.15, 0.2) is 36.5 Å². The molecule has 0 fully saturated rings. The van der Waals surface area contributed by atoms with E-state index in [1.807, 2.05) is 19.1 Å². The first-order valence-electron chi connectivity index (χ1n) is 4.71. The van der Waals surface area contributed by atoms with Crippen molar-refractivity contribution in [2.24, 2.45) is 0 Å². The highest BCUT2D eigenvalue weighted by Gasteiger charge is 2.05. The Morgan fingerprint density at radius 3 is 2.56 bits per heavy atom. The van der Waals surface area contributed by atoms with Gasteiger partial charge in [0.15, 0.2) is 0 Å². The van der Waals surface area contributed by atoms with Crippen molar-refractivity contribution in [3.8, 4) is 11.5 Å². The number of nitrogens with zero attached hydrogens (tertiary/aromatic N) is 1. The highest BCUT2D eigenvalue weighted by molar-refractivity contribution is 6.32. The number of hydrogen-bond acceptors (Lipinski definition) is 2. The first kappa shape index (κ1) is 11.2. The van der Waals surface area contributed by atoms with Crippen LogP contribution in [-0.4, -0.2) is 4.98 Å². The molecule has 1 aromatic heterocycles. The molecular formula is C12H9Cl2NO. The first-order valence-corrected chi connectivity index (χ1v) is 5.47. The van der Waals surface area contributed by atoms with Crippen molar-refractivity contribution in [2.45, 2.75) is 6.92 Å². The third-order valence-corrected chi connectivity index (χ3v) is 2.60. The lowest BCUT2D eigenvalue weighted by molar-refractivity contribution is 0.476. The monoisotopic (exact) mass is 253 g/mol. The molecule has 0 atom stereocenters. The quantitative estimate of drug-likeness (QED) is 0.736. The lowest BCUT2D eigenvalue weighted by Gasteiger charge is -2.09. The molecule has 4 heteroatoms. The molecule has 0 saturated heterocycles. The molecular weight excluding hydrogens is 245 g/mol. The molecule has 0 spiro atoms. The van der Waals surface area contributed by atoms with Gasteiger partial charge in [0.25, 0.3) is 0 Å². The molecule has 2 nitrogen and oxygen atoms in total. The molecule has 0 saturated carbocycles. The Morgan fingerprint density at radius 2 is 1.88 bits per heavy atom. The van der Waals surface area contributed by atoms with E-state index in [2.05, 4.69) is 4.98 Å². The van der Waals surface area contributed by atoms with Gasteiger partial charge in [-0.15, -0.1) is 0 Å². The largest absolute Gasteiger partial charge is 0.454 e. The van der Waals surface area contributed by atoms with Crippen molar-refractivity contribution < 1.29 is 4.74 Å². The van der Waals surface area contributed by atoms with E-state index in [1.54, 1.807) is 24.4 Å². The van der Waals surface area contributed by atoms with Crippen molar-refractivity contribution >= 4 is 23.2 Å². The molecule has 0 aliphatic carbocycles. The maximum absolute atomic E-state index is 5.99. The highest BCUT2D eigenvalue weighted by Crippen LogP contribution is 2.30. The van der Waals surface area contributed by atoms with Gasteiger partial charge in [0.1, 0.15) is 16.7 Å². The minimum atomic E-state index is 0.448. The molecule has 0 radical (unpaired) electrons. The zero-order chi connectivity index (χ0) is 11.5. The van der Waals surface area contributed by atoms with Crippen LogP contribution in [0.2, 0.25) is 10.2 Å². The second-order valence-electron chi connectivity index (χ2n) is 3.31. The maximum atomic E-state index is 5.99. The molecule has 0 unspecified atom stereocenters. The van der Waals surface area contributed by atoms with Crippen molar-refractivity contribution in [3.05, 3.63) is 52.3 Å². The molecule has 0 aliphatic rings. The number of pyridine rings is 1. The van der Waals surface area contributed by atoms with E-state index < -0.39 is 0 Å². The summed E-state index contributed by atoms with van der Waals surface area (Å²) in [6, 6.07) is 9.03. The van der Waals surface area contributed by atoms with Crippen LogP contribution in [0, 0.1) is 6.92 Å². The lowest BCUT2D eigenvalue weighted by atomic mass is 10.3. The molecule has 82 valence electrons. The summed E-state index contributed by atoms with van der Waals surface area (Å²) in [6.45, 7) is 1.90. The standard InChI is InChI=1S/C12H9Cl2NO/c1-8-6-12(14)15-7-11(8)16-10-5-3-2-4-9(10)13/h2-7H,1H3. The summed E-state index contributed by atoms with van der Waals surface area (Å²) < 4.78 is 5.64. The zero-order valence-corrected chi connectivity index (χ0v) is 10.1. The minimum Gasteiger partial charge on any atom is -0.454 e. The fourth-order valence-corrected chi connectivity index (χ4v) is 1.65. The molecule has 0 amide bonds. The average molecular weight is 254 g/mol. The molecule has 0 bridgehead atoms. The van der Waals surface area contributed by atoms with Gasteiger partial charge in [-0.1, -0.05) is 35.3 Å². The van der Waals surface area contributed by atoms with Crippen LogP contribution in [0.5, 0.6) is 11.5 Å². The van der Waals surface area contributed by atoms with Crippen LogP contribution in [0.4, 0.5) is 0 Å². The number of aryl methyl sites for hydroxylation is 1. The Balaban J connectivity index is 2.31. The lowest BCUT2D eigenvalue weighted by Crippen LogP contribution is -1.89. The van der Waals surface area contributed by atoms with E-state index in [0.717, 1.165) is 5.56 Å². The number of benzene rings is 1. The van der Waals surface area contributed by atoms with Crippen LogP contribution in [0.1, 0.15) is 5.56 Å². The van der Waals surface area contributed by atoms with Gasteiger partial charge < -0.3 is 4.74 Å². The van der Waals surface area contributed by atoms with Crippen molar-refractivity contribution in [3.63, 3.8) is 0 Å². The van der Waals surface area contributed by atoms with E-state index in [1.165, 1.54) is 0 Å². The van der Waals surface area contributed by atoms with Crippen molar-refractivity contribution in [1.82, 2.24) is 4.98 Å². The van der Waals surface area contributed by atoms with Crippen LogP contribution < -0.4 is 4.74 Å². The molecule has 0 N–H and O–H groups in total. The molecule has 2 rings (SSSR count). The first-order chi connectivity index (χ1) is 7.66. The van der Waals surface area contributed by atoms with Gasteiger partial charge in [-0.25, -0.2) is 4.98 Å². The average Bonchev–Trinajstić information content (AvgIpc) is 2.25. The topological polar surface area (TPSA) is 22.1 Å². The molecule has 1 aromatic carbocycles. The Hall–Kier alpha value is -1.25. The number of halogens is 2. The fraction of sp³-hybridized carbons (Fsp3) is 0.0833. The van der Waals surface area contributed by atoms with Crippen LogP contribution in [-0.2, 0) is 0 Å². The molecule has 16 heavy (non-hydrogen) atoms. The third kappa shape index (κ3) is 2.46. The third-order valence-electron chi connectivity index (χ3n) is 2.09. The predicted molar refractivity (Wildman–Crippen MR) is 65.5 cm³/mol. The van der Waals surface area contributed by atoms with Crippen molar-refractivity contribution in [1.29, 1.82) is 0 Å². The number of ether oxygens (including phenoxy) is 1. The Morgan fingerprint density at radius 1 is 1.12 bits per heavy atom. The van der Waals surface area contributed by atoms with Crippen LogP contribution >= 0.6 is 23.2 Å². The van der Waals surface area contributed by atoms with Gasteiger partial charge in [0.2, 0.25) is 0 Å². The van der Waals surface area contributed by atoms with E-state index in [9.17, 15) is 0 Å². The number of aromatic nitrogens is 1. The second kappa shape index (κ2) is 4.73. The van der Waals surface area contributed by atoms with Gasteiger partial charge in [0, 0.05) is 0 Å². The van der Waals surface area contributed by atoms with Gasteiger partial charge >= 0.3 is 0 Å². The summed E-state index contributed by atoms with van der Waals surface area (Å²) in [5.41, 5.74) is 0.917. The number of para-hydroxylation sites is 1. The zero-order valence-electron chi connectivity index (χ0n) is 8.58. The maximum Gasteiger partial charge on any atom is 0.148 e. The number of rotatable bonds is 2. The summed E-state index contributed by atoms with van der Waals surface area (Å²) in [5.74, 6) is 1.26. The Labute approximate surface area is 104 Å². The Kier molecular flexibility index (Phi) is 3.32. The van der Waals surface area contributed by atoms with Crippen molar-refractivity contribution in [2.75, 3.05) is 0 Å². The van der Waals surface area contributed by atoms with Crippen LogP contribution in [0.3, 0.4) is 0 Å². The van der Waals surface area contributed by atoms with E-state index in [-0.39, 0.29) is 0 Å². The van der Waals surface area contributed by atoms with Gasteiger partial charge in [-0.3, -0.25) is 0 Å². The summed E-state index contributed by atoms with van der Waals surface area (Å²) in [7, 11) is 0.